The lowest BCUT2D eigenvalue weighted by atomic mass is 9.76. The molecule has 1 rings (SSSR count). The minimum absolute atomic E-state index is 0.613. The lowest BCUT2D eigenvalue weighted by molar-refractivity contribution is -0.378. The Balaban J connectivity index is 2.99. The molecule has 1 saturated heterocycles. The van der Waals surface area contributed by atoms with Gasteiger partial charge in [-0.05, 0) is 0 Å². The van der Waals surface area contributed by atoms with E-state index in [1.807, 2.05) is 0 Å². The van der Waals surface area contributed by atoms with E-state index in [4.69, 9.17) is 0 Å². The van der Waals surface area contributed by atoms with Crippen LogP contribution in [0.5, 0.6) is 0 Å². The average molecular weight is 344 g/mol. The summed E-state index contributed by atoms with van der Waals surface area (Å²) in [7, 11) is 0. The predicted molar refractivity (Wildman–Crippen MR) is 65.5 cm³/mol. The summed E-state index contributed by atoms with van der Waals surface area (Å²) in [6.45, 7) is 3.80. The molecular weight excluding hydrogens is 331 g/mol. The molecule has 23 heavy (non-hydrogen) atoms. The predicted octanol–water partition coefficient (Wildman–Crippen LogP) is 2.03. The monoisotopic (exact) mass is 344 g/mol. The molecular formula is C13H13F5O5. The smallest absolute Gasteiger partial charge is 0.456 e. The maximum absolute atomic E-state index is 13.5. The first-order chi connectivity index (χ1) is 10.5. The molecule has 1 atom stereocenters. The van der Waals surface area contributed by atoms with E-state index >= 15 is 0 Å². The molecule has 10 heteroatoms. The van der Waals surface area contributed by atoms with Crippen LogP contribution in [0.25, 0.3) is 0 Å². The highest BCUT2D eigenvalue weighted by Gasteiger charge is 2.72. The molecule has 130 valence electrons. The van der Waals surface area contributed by atoms with E-state index in [9.17, 15) is 31.5 Å². The normalized spacial score (nSPS) is 20.1. The molecule has 0 amide bonds. The number of halogens is 5. The van der Waals surface area contributed by atoms with Gasteiger partial charge in [0, 0.05) is 12.2 Å². The molecule has 1 heterocycles. The molecule has 0 aromatic heterocycles. The van der Waals surface area contributed by atoms with Gasteiger partial charge in [0.05, 0.1) is 12.0 Å². The Hall–Kier alpha value is -1.97. The van der Waals surface area contributed by atoms with Crippen LogP contribution in [0.1, 0.15) is 0 Å². The third kappa shape index (κ3) is 3.87. The number of alkyl halides is 5. The Morgan fingerprint density at radius 2 is 1.52 bits per heavy atom. The van der Waals surface area contributed by atoms with Crippen LogP contribution in [-0.2, 0) is 23.8 Å². The second-order valence-electron chi connectivity index (χ2n) is 4.80. The van der Waals surface area contributed by atoms with Crippen molar-refractivity contribution in [2.45, 2.75) is 18.2 Å². The van der Waals surface area contributed by atoms with Gasteiger partial charge in [0.25, 0.3) is 0 Å². The summed E-state index contributed by atoms with van der Waals surface area (Å²) in [4.78, 5) is 22.1. The maximum Gasteiger partial charge on any atom is 0.456 e. The highest BCUT2D eigenvalue weighted by molar-refractivity contribution is 5.81. The van der Waals surface area contributed by atoms with Gasteiger partial charge in [-0.3, -0.25) is 0 Å². The number of hydrogen-bond donors (Lipinski definition) is 0. The fourth-order valence-electron chi connectivity index (χ4n) is 1.86. The summed E-state index contributed by atoms with van der Waals surface area (Å²) in [6, 6.07) is 0. The van der Waals surface area contributed by atoms with Gasteiger partial charge in [-0.2, -0.15) is 22.0 Å². The minimum Gasteiger partial charge on any atom is -0.462 e. The van der Waals surface area contributed by atoms with E-state index < -0.39 is 55.4 Å². The highest BCUT2D eigenvalue weighted by atomic mass is 19.4. The molecule has 0 aliphatic carbocycles. The van der Waals surface area contributed by atoms with Gasteiger partial charge >= 0.3 is 24.0 Å². The largest absolute Gasteiger partial charge is 0.462 e. The first-order valence-electron chi connectivity index (χ1n) is 6.14. The van der Waals surface area contributed by atoms with Crippen LogP contribution in [0.3, 0.4) is 0 Å². The van der Waals surface area contributed by atoms with Crippen LogP contribution in [-0.4, -0.2) is 50.0 Å². The second-order valence-corrected chi connectivity index (χ2v) is 4.80. The van der Waals surface area contributed by atoms with Crippen LogP contribution >= 0.6 is 0 Å². The summed E-state index contributed by atoms with van der Waals surface area (Å²) < 4.78 is 78.0. The first-order valence-corrected chi connectivity index (χ1v) is 6.14. The number of carbonyl (C=O) groups excluding carboxylic acids is 2. The zero-order valence-corrected chi connectivity index (χ0v) is 11.7. The van der Waals surface area contributed by atoms with E-state index in [1.54, 1.807) is 0 Å². The Bertz CT molecular complexity index is 475. The topological polar surface area (TPSA) is 61.8 Å². The molecule has 1 unspecified atom stereocenters. The van der Waals surface area contributed by atoms with Crippen molar-refractivity contribution in [1.82, 2.24) is 0 Å². The summed E-state index contributed by atoms with van der Waals surface area (Å²) in [5.41, 5.74) is -2.03. The molecule has 1 aliphatic rings. The number of rotatable bonds is 7. The van der Waals surface area contributed by atoms with Crippen molar-refractivity contribution in [3.63, 3.8) is 0 Å². The van der Waals surface area contributed by atoms with Gasteiger partial charge in [0.2, 0.25) is 0 Å². The zero-order valence-electron chi connectivity index (χ0n) is 11.7. The van der Waals surface area contributed by atoms with Gasteiger partial charge in [-0.1, -0.05) is 13.2 Å². The number of esters is 2. The zero-order chi connectivity index (χ0) is 17.9. The van der Waals surface area contributed by atoms with Crippen LogP contribution in [0.2, 0.25) is 0 Å². The lowest BCUT2D eigenvalue weighted by Crippen LogP contribution is -2.68. The molecule has 0 saturated carbocycles. The fraction of sp³-hybridized carbons (Fsp3) is 0.538. The van der Waals surface area contributed by atoms with E-state index in [0.717, 1.165) is 0 Å². The minimum atomic E-state index is -5.88. The summed E-state index contributed by atoms with van der Waals surface area (Å²) >= 11 is 0. The number of carbonyl (C=O) groups is 2. The molecule has 5 nitrogen and oxygen atoms in total. The third-order valence-corrected chi connectivity index (χ3v) is 3.14. The van der Waals surface area contributed by atoms with E-state index in [0.29, 0.717) is 12.2 Å². The first kappa shape index (κ1) is 19.1. The molecule has 0 spiro atoms. The maximum atomic E-state index is 13.5. The van der Waals surface area contributed by atoms with Crippen molar-refractivity contribution in [2.75, 3.05) is 19.8 Å². The molecule has 0 bridgehead atoms. The Labute approximate surface area is 127 Å². The van der Waals surface area contributed by atoms with Gasteiger partial charge in [-0.25, -0.2) is 9.59 Å². The fourth-order valence-corrected chi connectivity index (χ4v) is 1.86. The lowest BCUT2D eigenvalue weighted by Gasteiger charge is -2.50. The van der Waals surface area contributed by atoms with Crippen molar-refractivity contribution >= 4 is 11.9 Å². The number of hydrogen-bond acceptors (Lipinski definition) is 5. The van der Waals surface area contributed by atoms with Crippen molar-refractivity contribution in [3.8, 4) is 0 Å². The van der Waals surface area contributed by atoms with E-state index in [2.05, 4.69) is 27.4 Å². The Morgan fingerprint density at radius 3 is 1.78 bits per heavy atom. The highest BCUT2D eigenvalue weighted by Crippen LogP contribution is 2.50. The van der Waals surface area contributed by atoms with E-state index in [-0.39, 0.29) is 0 Å². The number of ether oxygens (including phenoxy) is 3. The van der Waals surface area contributed by atoms with Crippen molar-refractivity contribution in [3.05, 3.63) is 25.3 Å². The quantitative estimate of drug-likeness (QED) is 0.402. The summed E-state index contributed by atoms with van der Waals surface area (Å²) in [5, 5.41) is 0. The molecule has 0 aromatic carbocycles. The molecule has 0 N–H and O–H groups in total. The summed E-state index contributed by atoms with van der Waals surface area (Å²) in [5.74, 6) is -7.27. The van der Waals surface area contributed by atoms with Gasteiger partial charge < -0.3 is 14.2 Å². The van der Waals surface area contributed by atoms with Crippen molar-refractivity contribution < 1.29 is 45.8 Å². The average Bonchev–Trinajstić information content (AvgIpc) is 2.43. The van der Waals surface area contributed by atoms with Gasteiger partial charge in [0.15, 0.2) is 0 Å². The molecule has 1 aliphatic heterocycles. The third-order valence-electron chi connectivity index (χ3n) is 3.14. The van der Waals surface area contributed by atoms with Crippen LogP contribution in [0.15, 0.2) is 25.3 Å². The summed E-state index contributed by atoms with van der Waals surface area (Å²) in [6.07, 6.45) is -7.13. The SMILES string of the molecule is C=CC(=O)OCC1(COC(=O)C=C)COC1C(F)(F)C(F)(F)F. The molecule has 0 radical (unpaired) electrons. The molecule has 0 aromatic rings. The Kier molecular flexibility index (Phi) is 5.51. The van der Waals surface area contributed by atoms with Crippen molar-refractivity contribution in [1.29, 1.82) is 0 Å². The van der Waals surface area contributed by atoms with Gasteiger partial charge in [-0.15, -0.1) is 0 Å². The van der Waals surface area contributed by atoms with Crippen LogP contribution in [0.4, 0.5) is 22.0 Å². The van der Waals surface area contributed by atoms with Gasteiger partial charge in [0.1, 0.15) is 19.3 Å². The second kappa shape index (κ2) is 6.65. The molecule has 1 fully saturated rings. The Morgan fingerprint density at radius 1 is 1.09 bits per heavy atom. The van der Waals surface area contributed by atoms with Crippen molar-refractivity contribution in [2.24, 2.45) is 5.41 Å². The van der Waals surface area contributed by atoms with Crippen LogP contribution in [0, 0.1) is 5.41 Å². The van der Waals surface area contributed by atoms with Crippen LogP contribution < -0.4 is 0 Å². The van der Waals surface area contributed by atoms with E-state index in [1.165, 1.54) is 0 Å². The standard InChI is InChI=1S/C13H13F5O5/c1-3-8(19)21-5-11(6-22-9(20)4-2)7-23-10(11)12(14,15)13(16,17)18/h3-4,10H,1-2,5-7H2.